The molecule has 7 rings (SSSR count). The van der Waals surface area contributed by atoms with E-state index in [2.05, 4.69) is 15.7 Å². The zero-order valence-corrected chi connectivity index (χ0v) is 22.3. The van der Waals surface area contributed by atoms with Crippen LogP contribution in [0.2, 0.25) is 0 Å². The number of azo groups is 1. The van der Waals surface area contributed by atoms with Crippen molar-refractivity contribution in [1.29, 1.82) is 0 Å². The van der Waals surface area contributed by atoms with Gasteiger partial charge >= 0.3 is 24.4 Å². The number of amides is 1. The topological polar surface area (TPSA) is 95.7 Å². The van der Waals surface area contributed by atoms with Crippen molar-refractivity contribution in [1.82, 2.24) is 19.4 Å². The number of hydrogen-bond donors (Lipinski definition) is 1. The highest BCUT2D eigenvalue weighted by molar-refractivity contribution is 5.79. The van der Waals surface area contributed by atoms with Gasteiger partial charge < -0.3 is 4.74 Å². The summed E-state index contributed by atoms with van der Waals surface area (Å²) in [5.74, 6) is 0.114. The SMILES string of the molecule is C[N+]1=CN=N[C]1[C@@H](c1cccc(-n2cc3c(C(F)(F)F)cc(CN4NC(=O)CC45COC5)cn3c2=O)c1)C1CCC1. The molecule has 1 atom stereocenters. The second-order valence-electron chi connectivity index (χ2n) is 11.4. The zero-order chi connectivity index (χ0) is 28.5. The van der Waals surface area contributed by atoms with Gasteiger partial charge in [0.1, 0.15) is 0 Å². The van der Waals surface area contributed by atoms with Gasteiger partial charge in [-0.2, -0.15) is 13.2 Å². The first kappa shape index (κ1) is 26.1. The molecule has 10 nitrogen and oxygen atoms in total. The van der Waals surface area contributed by atoms with E-state index < -0.39 is 23.0 Å². The van der Waals surface area contributed by atoms with E-state index in [1.807, 2.05) is 29.8 Å². The van der Waals surface area contributed by atoms with Crippen LogP contribution in [0.15, 0.2) is 57.7 Å². The van der Waals surface area contributed by atoms with E-state index in [1.54, 1.807) is 17.4 Å². The van der Waals surface area contributed by atoms with Gasteiger partial charge in [0, 0.05) is 18.9 Å². The number of nitrogens with zero attached hydrogens (tertiary/aromatic N) is 6. The lowest BCUT2D eigenvalue weighted by atomic mass is 9.71. The number of aromatic nitrogens is 2. The highest BCUT2D eigenvalue weighted by atomic mass is 19.4. The van der Waals surface area contributed by atoms with Crippen molar-refractivity contribution in [2.45, 2.75) is 49.9 Å². The van der Waals surface area contributed by atoms with E-state index in [-0.39, 0.29) is 35.9 Å². The summed E-state index contributed by atoms with van der Waals surface area (Å²) >= 11 is 0. The number of benzene rings is 1. The van der Waals surface area contributed by atoms with Crippen LogP contribution in [-0.4, -0.2) is 56.6 Å². The predicted molar refractivity (Wildman–Crippen MR) is 140 cm³/mol. The maximum atomic E-state index is 14.3. The minimum Gasteiger partial charge on any atom is -0.377 e. The van der Waals surface area contributed by atoms with Gasteiger partial charge in [-0.3, -0.25) is 19.2 Å². The number of pyridine rings is 1. The summed E-state index contributed by atoms with van der Waals surface area (Å²) in [4.78, 5) is 25.7. The second kappa shape index (κ2) is 9.35. The molecule has 1 amide bonds. The third kappa shape index (κ3) is 4.29. The molecule has 1 saturated carbocycles. The van der Waals surface area contributed by atoms with Crippen molar-refractivity contribution >= 4 is 17.8 Å². The summed E-state index contributed by atoms with van der Waals surface area (Å²) in [5.41, 5.74) is 2.02. The normalized spacial score (nSPS) is 21.8. The predicted octanol–water partition coefficient (Wildman–Crippen LogP) is 3.62. The van der Waals surface area contributed by atoms with Crippen molar-refractivity contribution in [2.75, 3.05) is 20.3 Å². The molecule has 5 heterocycles. The Morgan fingerprint density at radius 3 is 2.63 bits per heavy atom. The minimum atomic E-state index is -4.70. The third-order valence-corrected chi connectivity index (χ3v) is 8.69. The van der Waals surface area contributed by atoms with Crippen molar-refractivity contribution < 1.29 is 27.3 Å². The molecule has 213 valence electrons. The van der Waals surface area contributed by atoms with Crippen LogP contribution in [0.5, 0.6) is 0 Å². The minimum absolute atomic E-state index is 0.00198. The number of halogens is 3. The summed E-state index contributed by atoms with van der Waals surface area (Å²) < 4.78 is 52.4. The molecular formula is C28H28F3N7O3+. The zero-order valence-electron chi connectivity index (χ0n) is 22.3. The van der Waals surface area contributed by atoms with Crippen LogP contribution in [0.3, 0.4) is 0 Å². The van der Waals surface area contributed by atoms with Crippen LogP contribution < -0.4 is 11.1 Å². The van der Waals surface area contributed by atoms with Gasteiger partial charge in [-0.15, -0.1) is 0 Å². The number of imidazole rings is 1. The number of alkyl halides is 3. The first-order chi connectivity index (χ1) is 19.6. The average Bonchev–Trinajstić information content (AvgIpc) is 3.55. The van der Waals surface area contributed by atoms with E-state index in [1.165, 1.54) is 17.0 Å². The van der Waals surface area contributed by atoms with E-state index in [9.17, 15) is 22.8 Å². The molecule has 1 aliphatic carbocycles. The monoisotopic (exact) mass is 567 g/mol. The Morgan fingerprint density at radius 1 is 1.20 bits per heavy atom. The average molecular weight is 568 g/mol. The van der Waals surface area contributed by atoms with Crippen molar-refractivity contribution in [2.24, 2.45) is 16.1 Å². The highest BCUT2D eigenvalue weighted by Gasteiger charge is 2.51. The molecule has 4 aliphatic rings. The lowest BCUT2D eigenvalue weighted by Gasteiger charge is -2.43. The highest BCUT2D eigenvalue weighted by Crippen LogP contribution is 2.46. The molecule has 2 aromatic heterocycles. The number of hydrazine groups is 1. The largest absolute Gasteiger partial charge is 0.418 e. The van der Waals surface area contributed by atoms with Gasteiger partial charge in [-0.05, 0) is 53.2 Å². The van der Waals surface area contributed by atoms with E-state index in [0.717, 1.165) is 41.5 Å². The Hall–Kier alpha value is -3.84. The number of likely N-dealkylation sites (N-methyl/N-ethyl adjacent to an activating group) is 1. The van der Waals surface area contributed by atoms with Crippen molar-refractivity contribution in [3.05, 3.63) is 76.1 Å². The van der Waals surface area contributed by atoms with Crippen LogP contribution >= 0.6 is 0 Å². The second-order valence-corrected chi connectivity index (χ2v) is 11.4. The van der Waals surface area contributed by atoms with Crippen LogP contribution in [0.4, 0.5) is 13.2 Å². The summed E-state index contributed by atoms with van der Waals surface area (Å²) in [6, 6.07) is 8.40. The number of rotatable bonds is 6. The van der Waals surface area contributed by atoms with Crippen molar-refractivity contribution in [3.63, 3.8) is 0 Å². The van der Waals surface area contributed by atoms with E-state index in [0.29, 0.717) is 24.8 Å². The standard InChI is InChI=1S/C28H28F3N7O3/c1-35-16-32-33-25(35)24(18-4-2-5-18)19-6-3-7-20(9-19)36-13-22-21(28(29,30)31)8-17(11-37(22)26(36)40)12-38-27(14-41-15-27)10-23(39)34-38/h3,6-9,11,13,16,18,24H,2,4-5,10,12,14-15H2,1H3,(H,34,39)/q+1/t24-/m1/s1. The fourth-order valence-corrected chi connectivity index (χ4v) is 6.28. The van der Waals surface area contributed by atoms with Crippen LogP contribution in [-0.2, 0) is 22.3 Å². The van der Waals surface area contributed by atoms with E-state index in [4.69, 9.17) is 4.74 Å². The van der Waals surface area contributed by atoms with Gasteiger partial charge in [-0.1, -0.05) is 18.6 Å². The third-order valence-electron chi connectivity index (χ3n) is 8.69. The Labute approximate surface area is 232 Å². The number of carbonyl (C=O) groups is 1. The van der Waals surface area contributed by atoms with Gasteiger partial charge in [0.05, 0.1) is 60.0 Å². The Balaban J connectivity index is 1.29. The fourth-order valence-electron chi connectivity index (χ4n) is 6.28. The molecule has 0 bridgehead atoms. The molecule has 41 heavy (non-hydrogen) atoms. The number of hydrogen-bond acceptors (Lipinski definition) is 6. The van der Waals surface area contributed by atoms with E-state index >= 15 is 0 Å². The number of ether oxygens (including phenoxy) is 1. The lowest BCUT2D eigenvalue weighted by Crippen LogP contribution is -2.60. The molecule has 3 aromatic rings. The lowest BCUT2D eigenvalue weighted by molar-refractivity contribution is -0.480. The number of nitrogens with one attached hydrogen (secondary N) is 1. The smallest absolute Gasteiger partial charge is 0.377 e. The molecule has 3 aliphatic heterocycles. The van der Waals surface area contributed by atoms with Crippen molar-refractivity contribution in [3.8, 4) is 5.69 Å². The van der Waals surface area contributed by atoms with Crippen LogP contribution in [0.1, 0.15) is 48.3 Å². The Morgan fingerprint density at radius 2 is 2.00 bits per heavy atom. The maximum absolute atomic E-state index is 14.3. The number of fused-ring (bicyclic) bond motifs is 1. The molecule has 1 radical (unpaired) electrons. The molecule has 3 fully saturated rings. The van der Waals surface area contributed by atoms with Gasteiger partial charge in [0.25, 0.3) is 0 Å². The van der Waals surface area contributed by atoms with Crippen LogP contribution in [0, 0.1) is 12.1 Å². The summed E-state index contributed by atoms with van der Waals surface area (Å²) in [6.07, 6.45) is 3.85. The maximum Gasteiger partial charge on any atom is 0.418 e. The molecular weight excluding hydrogens is 539 g/mol. The molecule has 1 spiro atoms. The molecule has 2 saturated heterocycles. The number of carbonyl (C=O) groups excluding carboxylic acids is 1. The van der Waals surface area contributed by atoms with Gasteiger partial charge in [0.15, 0.2) is 0 Å². The van der Waals surface area contributed by atoms with Gasteiger partial charge in [0.2, 0.25) is 5.91 Å². The molecule has 13 heteroatoms. The summed E-state index contributed by atoms with van der Waals surface area (Å²) in [6.45, 7) is 0.619. The summed E-state index contributed by atoms with van der Waals surface area (Å²) in [7, 11) is 1.89. The first-order valence-electron chi connectivity index (χ1n) is 13.6. The fraction of sp³-hybridized carbons (Fsp3) is 0.429. The summed E-state index contributed by atoms with van der Waals surface area (Å²) in [5, 5.41) is 10.0. The Kier molecular flexibility index (Phi) is 5.95. The quantitative estimate of drug-likeness (QED) is 0.461. The Bertz CT molecular complexity index is 1670. The molecule has 1 N–H and O–H groups in total. The molecule has 1 aromatic carbocycles. The molecule has 0 unspecified atom stereocenters. The first-order valence-corrected chi connectivity index (χ1v) is 13.6. The van der Waals surface area contributed by atoms with Gasteiger partial charge in [-0.25, -0.2) is 14.4 Å². The van der Waals surface area contributed by atoms with Crippen LogP contribution in [0.25, 0.3) is 11.2 Å².